The number of halogens is 1. The zero-order chi connectivity index (χ0) is 13.3. The number of hydrogen-bond acceptors (Lipinski definition) is 3. The molecule has 0 saturated carbocycles. The van der Waals surface area contributed by atoms with Crippen LogP contribution in [-0.4, -0.2) is 29.8 Å². The molecule has 1 spiro atoms. The second kappa shape index (κ2) is 5.55. The molecule has 104 valence electrons. The van der Waals surface area contributed by atoms with Crippen molar-refractivity contribution in [3.05, 3.63) is 28.8 Å². The summed E-state index contributed by atoms with van der Waals surface area (Å²) in [5, 5.41) is 0.735. The Morgan fingerprint density at radius 2 is 2.37 bits per heavy atom. The second-order valence-electron chi connectivity index (χ2n) is 5.48. The molecule has 3 rings (SSSR count). The first-order valence-electron chi connectivity index (χ1n) is 6.81. The van der Waals surface area contributed by atoms with Crippen molar-refractivity contribution < 1.29 is 9.47 Å². The summed E-state index contributed by atoms with van der Waals surface area (Å²) in [5.74, 6) is 3.24. The molecule has 2 aliphatic heterocycles. The fourth-order valence-electron chi connectivity index (χ4n) is 2.83. The average molecular weight is 299 g/mol. The van der Waals surface area contributed by atoms with Gasteiger partial charge in [0.25, 0.3) is 0 Å². The predicted octanol–water partition coefficient (Wildman–Crippen LogP) is 4.08. The topological polar surface area (TPSA) is 18.5 Å². The maximum Gasteiger partial charge on any atom is 0.124 e. The molecular weight excluding hydrogens is 280 g/mol. The third-order valence-corrected chi connectivity index (χ3v) is 5.42. The highest BCUT2D eigenvalue weighted by atomic mass is 35.5. The minimum Gasteiger partial charge on any atom is -0.490 e. The Kier molecular flexibility index (Phi) is 3.97. The Hall–Kier alpha value is -0.380. The van der Waals surface area contributed by atoms with Crippen LogP contribution in [0.5, 0.6) is 5.75 Å². The Labute approximate surface area is 123 Å². The molecule has 2 heterocycles. The van der Waals surface area contributed by atoms with Crippen molar-refractivity contribution in [2.45, 2.75) is 37.9 Å². The van der Waals surface area contributed by atoms with E-state index >= 15 is 0 Å². The summed E-state index contributed by atoms with van der Waals surface area (Å²) < 4.78 is 12.2. The SMILES string of the molecule is Cc1ccc(Cl)cc1OC1CCOC2(CCSC2)C1. The maximum absolute atomic E-state index is 6.18. The summed E-state index contributed by atoms with van der Waals surface area (Å²) >= 11 is 8.04. The van der Waals surface area contributed by atoms with Gasteiger partial charge < -0.3 is 9.47 Å². The van der Waals surface area contributed by atoms with Gasteiger partial charge in [-0.25, -0.2) is 0 Å². The summed E-state index contributed by atoms with van der Waals surface area (Å²) in [4.78, 5) is 0. The van der Waals surface area contributed by atoms with E-state index in [2.05, 4.69) is 6.92 Å². The maximum atomic E-state index is 6.18. The molecule has 19 heavy (non-hydrogen) atoms. The lowest BCUT2D eigenvalue weighted by molar-refractivity contribution is -0.0959. The van der Waals surface area contributed by atoms with Gasteiger partial charge in [-0.2, -0.15) is 11.8 Å². The van der Waals surface area contributed by atoms with Gasteiger partial charge in [-0.05, 0) is 36.8 Å². The molecule has 2 aliphatic rings. The molecule has 1 aromatic rings. The third-order valence-electron chi connectivity index (χ3n) is 3.96. The van der Waals surface area contributed by atoms with Crippen molar-refractivity contribution in [1.82, 2.24) is 0 Å². The quantitative estimate of drug-likeness (QED) is 0.819. The number of ether oxygens (including phenoxy) is 2. The number of rotatable bonds is 2. The van der Waals surface area contributed by atoms with E-state index < -0.39 is 0 Å². The second-order valence-corrected chi connectivity index (χ2v) is 7.02. The molecule has 2 unspecified atom stereocenters. The van der Waals surface area contributed by atoms with E-state index in [0.29, 0.717) is 0 Å². The molecule has 0 radical (unpaired) electrons. The molecule has 0 aliphatic carbocycles. The molecule has 0 aromatic heterocycles. The minimum atomic E-state index is 0.0695. The number of aryl methyl sites for hydroxylation is 1. The number of thioether (sulfide) groups is 1. The largest absolute Gasteiger partial charge is 0.490 e. The van der Waals surface area contributed by atoms with E-state index in [-0.39, 0.29) is 11.7 Å². The molecule has 0 bridgehead atoms. The Balaban J connectivity index is 1.70. The van der Waals surface area contributed by atoms with Gasteiger partial charge >= 0.3 is 0 Å². The van der Waals surface area contributed by atoms with Crippen LogP contribution in [0.3, 0.4) is 0 Å². The predicted molar refractivity (Wildman–Crippen MR) is 80.5 cm³/mol. The fourth-order valence-corrected chi connectivity index (χ4v) is 4.37. The zero-order valence-corrected chi connectivity index (χ0v) is 12.7. The number of benzene rings is 1. The molecule has 0 amide bonds. The first kappa shape index (κ1) is 13.6. The summed E-state index contributed by atoms with van der Waals surface area (Å²) in [5.41, 5.74) is 1.21. The minimum absolute atomic E-state index is 0.0695. The van der Waals surface area contributed by atoms with Crippen molar-refractivity contribution >= 4 is 23.4 Å². The zero-order valence-electron chi connectivity index (χ0n) is 11.2. The van der Waals surface area contributed by atoms with Gasteiger partial charge in [-0.15, -0.1) is 0 Å². The summed E-state index contributed by atoms with van der Waals surface area (Å²) in [6, 6.07) is 5.84. The van der Waals surface area contributed by atoms with Crippen LogP contribution >= 0.6 is 23.4 Å². The molecule has 0 N–H and O–H groups in total. The third kappa shape index (κ3) is 3.04. The Morgan fingerprint density at radius 1 is 1.47 bits per heavy atom. The van der Waals surface area contributed by atoms with Gasteiger partial charge in [0.2, 0.25) is 0 Å². The monoisotopic (exact) mass is 298 g/mol. The van der Waals surface area contributed by atoms with Crippen LogP contribution in [0.4, 0.5) is 0 Å². The van der Waals surface area contributed by atoms with Gasteiger partial charge in [0.05, 0.1) is 12.2 Å². The lowest BCUT2D eigenvalue weighted by atomic mass is 9.91. The van der Waals surface area contributed by atoms with Crippen LogP contribution in [0.25, 0.3) is 0 Å². The summed E-state index contributed by atoms with van der Waals surface area (Å²) in [6.07, 6.45) is 3.39. The average Bonchev–Trinajstić information content (AvgIpc) is 2.82. The summed E-state index contributed by atoms with van der Waals surface area (Å²) in [6.45, 7) is 2.87. The van der Waals surface area contributed by atoms with E-state index in [1.807, 2.05) is 30.0 Å². The van der Waals surface area contributed by atoms with Crippen LogP contribution in [0, 0.1) is 6.92 Å². The number of hydrogen-bond donors (Lipinski definition) is 0. The van der Waals surface area contributed by atoms with Gasteiger partial charge in [-0.1, -0.05) is 17.7 Å². The van der Waals surface area contributed by atoms with Crippen molar-refractivity contribution in [3.8, 4) is 5.75 Å². The molecular formula is C15H19ClO2S. The molecule has 2 nitrogen and oxygen atoms in total. The first-order chi connectivity index (χ1) is 9.17. The van der Waals surface area contributed by atoms with Gasteiger partial charge in [0, 0.05) is 23.6 Å². The fraction of sp³-hybridized carbons (Fsp3) is 0.600. The molecule has 1 aromatic carbocycles. The Morgan fingerprint density at radius 3 is 3.16 bits per heavy atom. The van der Waals surface area contributed by atoms with E-state index in [9.17, 15) is 0 Å². The molecule has 2 fully saturated rings. The van der Waals surface area contributed by atoms with Crippen LogP contribution in [0.2, 0.25) is 5.02 Å². The highest BCUT2D eigenvalue weighted by Crippen LogP contribution is 2.39. The smallest absolute Gasteiger partial charge is 0.124 e. The molecule has 2 atom stereocenters. The highest BCUT2D eigenvalue weighted by molar-refractivity contribution is 7.99. The lowest BCUT2D eigenvalue weighted by Crippen LogP contribution is -2.43. The van der Waals surface area contributed by atoms with Gasteiger partial charge in [0.15, 0.2) is 0 Å². The highest BCUT2D eigenvalue weighted by Gasteiger charge is 2.41. The first-order valence-corrected chi connectivity index (χ1v) is 8.35. The van der Waals surface area contributed by atoms with Crippen LogP contribution in [0.15, 0.2) is 18.2 Å². The normalized spacial score (nSPS) is 30.7. The van der Waals surface area contributed by atoms with E-state index in [0.717, 1.165) is 48.0 Å². The Bertz CT molecular complexity index is 457. The summed E-state index contributed by atoms with van der Waals surface area (Å²) in [7, 11) is 0. The van der Waals surface area contributed by atoms with E-state index in [1.54, 1.807) is 0 Å². The van der Waals surface area contributed by atoms with Crippen molar-refractivity contribution in [2.24, 2.45) is 0 Å². The van der Waals surface area contributed by atoms with Crippen molar-refractivity contribution in [2.75, 3.05) is 18.1 Å². The van der Waals surface area contributed by atoms with Gasteiger partial charge in [0.1, 0.15) is 11.9 Å². The van der Waals surface area contributed by atoms with Crippen LogP contribution in [-0.2, 0) is 4.74 Å². The van der Waals surface area contributed by atoms with Crippen LogP contribution in [0.1, 0.15) is 24.8 Å². The van der Waals surface area contributed by atoms with Gasteiger partial charge in [-0.3, -0.25) is 0 Å². The van der Waals surface area contributed by atoms with Crippen molar-refractivity contribution in [1.29, 1.82) is 0 Å². The lowest BCUT2D eigenvalue weighted by Gasteiger charge is -2.37. The van der Waals surface area contributed by atoms with Crippen molar-refractivity contribution in [3.63, 3.8) is 0 Å². The molecule has 2 saturated heterocycles. The van der Waals surface area contributed by atoms with E-state index in [4.69, 9.17) is 21.1 Å². The standard InChI is InChI=1S/C15H19ClO2S/c1-11-2-3-12(16)8-14(11)18-13-4-6-17-15(9-13)5-7-19-10-15/h2-3,8,13H,4-7,9-10H2,1H3. The van der Waals surface area contributed by atoms with Crippen LogP contribution < -0.4 is 4.74 Å². The van der Waals surface area contributed by atoms with E-state index in [1.165, 1.54) is 5.75 Å². The molecule has 4 heteroatoms.